The minimum Gasteiger partial charge on any atom is -0.399 e. The van der Waals surface area contributed by atoms with Crippen molar-refractivity contribution < 1.29 is 4.79 Å². The zero-order chi connectivity index (χ0) is 18.4. The Bertz CT molecular complexity index is 758. The van der Waals surface area contributed by atoms with Gasteiger partial charge in [0.15, 0.2) is 0 Å². The molecular formula is C21H26N4O. The van der Waals surface area contributed by atoms with Crippen molar-refractivity contribution in [1.29, 1.82) is 0 Å². The van der Waals surface area contributed by atoms with E-state index in [9.17, 15) is 4.79 Å². The fraction of sp³-hybridized carbons (Fsp3) is 0.333. The van der Waals surface area contributed by atoms with Crippen molar-refractivity contribution in [2.24, 2.45) is 5.10 Å². The molecule has 1 heterocycles. The second-order valence-electron chi connectivity index (χ2n) is 6.71. The van der Waals surface area contributed by atoms with Crippen molar-refractivity contribution in [2.75, 3.05) is 23.7 Å². The van der Waals surface area contributed by atoms with Gasteiger partial charge in [-0.25, -0.2) is 5.43 Å². The van der Waals surface area contributed by atoms with Gasteiger partial charge in [0.05, 0.1) is 5.71 Å². The molecule has 3 rings (SSSR count). The second kappa shape index (κ2) is 8.52. The number of benzene rings is 2. The van der Waals surface area contributed by atoms with Gasteiger partial charge in [0, 0.05) is 30.0 Å². The van der Waals surface area contributed by atoms with Crippen LogP contribution in [0.3, 0.4) is 0 Å². The second-order valence-corrected chi connectivity index (χ2v) is 6.71. The first-order valence-electron chi connectivity index (χ1n) is 9.19. The van der Waals surface area contributed by atoms with E-state index in [1.165, 1.54) is 31.4 Å². The van der Waals surface area contributed by atoms with Crippen LogP contribution in [0.2, 0.25) is 0 Å². The number of carbonyl (C=O) groups is 1. The maximum Gasteiger partial charge on any atom is 0.271 e. The molecule has 136 valence electrons. The third kappa shape index (κ3) is 4.63. The van der Waals surface area contributed by atoms with E-state index in [-0.39, 0.29) is 5.91 Å². The summed E-state index contributed by atoms with van der Waals surface area (Å²) in [4.78, 5) is 14.6. The lowest BCUT2D eigenvalue weighted by Gasteiger charge is -2.22. The Morgan fingerprint density at radius 3 is 2.12 bits per heavy atom. The van der Waals surface area contributed by atoms with Gasteiger partial charge < -0.3 is 10.6 Å². The smallest absolute Gasteiger partial charge is 0.271 e. The van der Waals surface area contributed by atoms with E-state index < -0.39 is 0 Å². The Balaban J connectivity index is 1.63. The Morgan fingerprint density at radius 2 is 1.50 bits per heavy atom. The molecule has 0 spiro atoms. The van der Waals surface area contributed by atoms with Crippen LogP contribution in [0.15, 0.2) is 53.6 Å². The summed E-state index contributed by atoms with van der Waals surface area (Å²) in [7, 11) is 0. The van der Waals surface area contributed by atoms with Gasteiger partial charge in [0.1, 0.15) is 0 Å². The van der Waals surface area contributed by atoms with Crippen LogP contribution >= 0.6 is 0 Å². The van der Waals surface area contributed by atoms with Gasteiger partial charge in [-0.05, 0) is 61.7 Å². The Labute approximate surface area is 154 Å². The topological polar surface area (TPSA) is 70.7 Å². The van der Waals surface area contributed by atoms with E-state index in [1.54, 1.807) is 24.3 Å². The summed E-state index contributed by atoms with van der Waals surface area (Å²) in [5.41, 5.74) is 12.4. The lowest BCUT2D eigenvalue weighted by atomic mass is 10.1. The van der Waals surface area contributed by atoms with Crippen molar-refractivity contribution in [2.45, 2.75) is 32.6 Å². The third-order valence-electron chi connectivity index (χ3n) is 4.75. The molecule has 5 nitrogen and oxygen atoms in total. The van der Waals surface area contributed by atoms with E-state index >= 15 is 0 Å². The molecule has 1 aliphatic heterocycles. The summed E-state index contributed by atoms with van der Waals surface area (Å²) in [6.45, 7) is 4.15. The predicted molar refractivity (Wildman–Crippen MR) is 108 cm³/mol. The quantitative estimate of drug-likeness (QED) is 0.500. The number of hydrazone groups is 1. The lowest BCUT2D eigenvalue weighted by molar-refractivity contribution is 0.0955. The first-order chi connectivity index (χ1) is 12.6. The number of hydrogen-bond donors (Lipinski definition) is 2. The predicted octanol–water partition coefficient (Wildman–Crippen LogP) is 3.80. The number of anilines is 2. The Morgan fingerprint density at radius 1 is 0.923 bits per heavy atom. The molecule has 0 unspecified atom stereocenters. The van der Waals surface area contributed by atoms with Crippen LogP contribution in [0.1, 0.15) is 48.5 Å². The van der Waals surface area contributed by atoms with E-state index in [2.05, 4.69) is 39.7 Å². The number of hydrogen-bond acceptors (Lipinski definition) is 4. The summed E-state index contributed by atoms with van der Waals surface area (Å²) in [6, 6.07) is 15.2. The Hall–Kier alpha value is -2.82. The molecule has 0 saturated carbocycles. The normalized spacial score (nSPS) is 15.4. The number of nitrogens with two attached hydrogens (primary N) is 1. The zero-order valence-electron chi connectivity index (χ0n) is 15.2. The highest BCUT2D eigenvalue weighted by Crippen LogP contribution is 2.20. The van der Waals surface area contributed by atoms with E-state index in [1.807, 2.05) is 6.92 Å². The zero-order valence-corrected chi connectivity index (χ0v) is 15.2. The average molecular weight is 350 g/mol. The fourth-order valence-electron chi connectivity index (χ4n) is 3.14. The van der Waals surface area contributed by atoms with Crippen LogP contribution in [-0.2, 0) is 0 Å². The summed E-state index contributed by atoms with van der Waals surface area (Å²) in [6.07, 6.45) is 5.18. The van der Waals surface area contributed by atoms with E-state index in [0.717, 1.165) is 24.4 Å². The van der Waals surface area contributed by atoms with Gasteiger partial charge in [0.25, 0.3) is 5.91 Å². The number of nitrogens with zero attached hydrogens (tertiary/aromatic N) is 2. The van der Waals surface area contributed by atoms with Crippen LogP contribution in [0.25, 0.3) is 0 Å². The summed E-state index contributed by atoms with van der Waals surface area (Å²) >= 11 is 0. The summed E-state index contributed by atoms with van der Waals surface area (Å²) in [5.74, 6) is -0.245. The largest absolute Gasteiger partial charge is 0.399 e. The molecule has 5 heteroatoms. The molecule has 1 amide bonds. The first-order valence-corrected chi connectivity index (χ1v) is 9.19. The highest BCUT2D eigenvalue weighted by Gasteiger charge is 2.10. The monoisotopic (exact) mass is 350 g/mol. The highest BCUT2D eigenvalue weighted by molar-refractivity contribution is 6.01. The first kappa shape index (κ1) is 18.0. The van der Waals surface area contributed by atoms with Crippen molar-refractivity contribution in [3.8, 4) is 0 Å². The average Bonchev–Trinajstić information content (AvgIpc) is 2.96. The maximum absolute atomic E-state index is 12.1. The van der Waals surface area contributed by atoms with Gasteiger partial charge in [-0.2, -0.15) is 5.10 Å². The standard InChI is InChI=1S/C21H26N4O/c1-16(23-24-21(26)18-6-10-19(22)11-7-18)17-8-12-20(13-9-17)25-14-4-2-3-5-15-25/h6-13H,2-5,14-15,22H2,1H3,(H,24,26). The van der Waals surface area contributed by atoms with Gasteiger partial charge in [-0.3, -0.25) is 4.79 Å². The number of rotatable bonds is 4. The SMILES string of the molecule is CC(=NNC(=O)c1ccc(N)cc1)c1ccc(N2CCCCCC2)cc1. The molecule has 0 aliphatic carbocycles. The highest BCUT2D eigenvalue weighted by atomic mass is 16.2. The summed E-state index contributed by atoms with van der Waals surface area (Å²) < 4.78 is 0. The van der Waals surface area contributed by atoms with Crippen LogP contribution in [0.5, 0.6) is 0 Å². The number of carbonyl (C=O) groups excluding carboxylic acids is 1. The molecule has 0 bridgehead atoms. The van der Waals surface area contributed by atoms with Crippen LogP contribution < -0.4 is 16.1 Å². The molecule has 2 aromatic carbocycles. The maximum atomic E-state index is 12.1. The van der Waals surface area contributed by atoms with Gasteiger partial charge in [-0.15, -0.1) is 0 Å². The van der Waals surface area contributed by atoms with E-state index in [4.69, 9.17) is 5.73 Å². The molecule has 0 atom stereocenters. The van der Waals surface area contributed by atoms with Crippen LogP contribution in [-0.4, -0.2) is 24.7 Å². The van der Waals surface area contributed by atoms with Gasteiger partial charge in [-0.1, -0.05) is 25.0 Å². The van der Waals surface area contributed by atoms with Crippen LogP contribution in [0, 0.1) is 0 Å². The molecule has 1 saturated heterocycles. The fourth-order valence-corrected chi connectivity index (χ4v) is 3.14. The van der Waals surface area contributed by atoms with Crippen molar-refractivity contribution in [3.05, 3.63) is 59.7 Å². The molecule has 26 heavy (non-hydrogen) atoms. The van der Waals surface area contributed by atoms with Crippen molar-refractivity contribution >= 4 is 23.0 Å². The number of nitrogens with one attached hydrogen (secondary N) is 1. The van der Waals surface area contributed by atoms with Crippen LogP contribution in [0.4, 0.5) is 11.4 Å². The molecule has 0 radical (unpaired) electrons. The number of amides is 1. The van der Waals surface area contributed by atoms with Crippen molar-refractivity contribution in [3.63, 3.8) is 0 Å². The van der Waals surface area contributed by atoms with E-state index in [0.29, 0.717) is 11.3 Å². The minimum absolute atomic E-state index is 0.245. The molecule has 3 N–H and O–H groups in total. The molecule has 0 aromatic heterocycles. The summed E-state index contributed by atoms with van der Waals surface area (Å²) in [5, 5.41) is 4.22. The molecular weight excluding hydrogens is 324 g/mol. The lowest BCUT2D eigenvalue weighted by Crippen LogP contribution is -2.23. The van der Waals surface area contributed by atoms with Gasteiger partial charge >= 0.3 is 0 Å². The van der Waals surface area contributed by atoms with Gasteiger partial charge in [0.2, 0.25) is 0 Å². The molecule has 1 fully saturated rings. The van der Waals surface area contributed by atoms with Crippen molar-refractivity contribution in [1.82, 2.24) is 5.43 Å². The molecule has 1 aliphatic rings. The molecule has 2 aromatic rings. The Kier molecular flexibility index (Phi) is 5.89. The third-order valence-corrected chi connectivity index (χ3v) is 4.75. The number of nitrogen functional groups attached to an aromatic ring is 1. The minimum atomic E-state index is -0.245.